The van der Waals surface area contributed by atoms with Crippen molar-refractivity contribution in [3.8, 4) is 0 Å². The highest BCUT2D eigenvalue weighted by molar-refractivity contribution is 7.88. The fourth-order valence-electron chi connectivity index (χ4n) is 4.74. The van der Waals surface area contributed by atoms with Gasteiger partial charge >= 0.3 is 22.3 Å². The molecule has 13 heteroatoms. The molecule has 1 amide bonds. The van der Waals surface area contributed by atoms with Gasteiger partial charge in [0.15, 0.2) is 0 Å². The number of piperidine rings is 1. The Bertz CT molecular complexity index is 1550. The number of nitrogens with one attached hydrogen (secondary N) is 1. The second-order valence-corrected chi connectivity index (χ2v) is 12.8. The maximum Gasteiger partial charge on any atom is 0.422 e. The Hall–Kier alpha value is -3.68. The maximum absolute atomic E-state index is 13.3. The molecule has 3 aromatic rings. The lowest BCUT2D eigenvalue weighted by Crippen LogP contribution is -2.38. The predicted octanol–water partition coefficient (Wildman–Crippen LogP) is 2.94. The molecule has 0 bridgehead atoms. The number of sulfonamides is 1. The lowest BCUT2D eigenvalue weighted by molar-refractivity contribution is 0.0686. The van der Waals surface area contributed by atoms with Crippen molar-refractivity contribution in [2.45, 2.75) is 31.8 Å². The van der Waals surface area contributed by atoms with Crippen LogP contribution in [0.25, 0.3) is 0 Å². The third kappa shape index (κ3) is 6.85. The number of carbonyl (C=O) groups is 2. The van der Waals surface area contributed by atoms with E-state index >= 15 is 0 Å². The van der Waals surface area contributed by atoms with Crippen molar-refractivity contribution in [2.75, 3.05) is 19.3 Å². The molecule has 1 fully saturated rings. The highest BCUT2D eigenvalue weighted by Crippen LogP contribution is 2.36. The number of aromatic nitrogens is 1. The van der Waals surface area contributed by atoms with E-state index in [9.17, 15) is 31.5 Å². The number of carboxylic acids is 1. The van der Waals surface area contributed by atoms with Crippen molar-refractivity contribution in [1.29, 1.82) is 0 Å². The first-order valence-corrected chi connectivity index (χ1v) is 15.4. The number of hydrogen-bond donors (Lipinski definition) is 2. The number of amides is 1. The van der Waals surface area contributed by atoms with E-state index in [0.717, 1.165) is 11.8 Å². The van der Waals surface area contributed by atoms with Crippen LogP contribution in [0.3, 0.4) is 0 Å². The normalized spacial score (nSPS) is 15.1. The van der Waals surface area contributed by atoms with E-state index < -0.39 is 43.9 Å². The van der Waals surface area contributed by atoms with Gasteiger partial charge in [-0.1, -0.05) is 60.7 Å². The van der Waals surface area contributed by atoms with Gasteiger partial charge in [0, 0.05) is 19.3 Å². The minimum Gasteiger partial charge on any atom is -0.477 e. The molecule has 1 aliphatic rings. The van der Waals surface area contributed by atoms with Gasteiger partial charge in [0.05, 0.1) is 6.26 Å². The summed E-state index contributed by atoms with van der Waals surface area (Å²) in [6, 6.07) is 17.8. The fourth-order valence-corrected chi connectivity index (χ4v) is 6.67. The third-order valence-electron chi connectivity index (χ3n) is 6.55. The molecule has 1 aromatic heterocycles. The number of aromatic carboxylic acids is 1. The summed E-state index contributed by atoms with van der Waals surface area (Å²) in [4.78, 5) is 24.8. The van der Waals surface area contributed by atoms with Crippen LogP contribution in [0, 0.1) is 0 Å². The summed E-state index contributed by atoms with van der Waals surface area (Å²) in [6.45, 7) is 0.174. The fraction of sp³-hybridized carbons (Fsp3) is 0.308. The largest absolute Gasteiger partial charge is 0.477 e. The quantitative estimate of drug-likeness (QED) is 0.395. The topological polar surface area (TPSA) is 152 Å². The molecule has 1 saturated heterocycles. The zero-order chi connectivity index (χ0) is 28.2. The van der Waals surface area contributed by atoms with Crippen LogP contribution < -0.4 is 4.72 Å². The molecule has 208 valence electrons. The summed E-state index contributed by atoms with van der Waals surface area (Å²) < 4.78 is 59.2. The van der Waals surface area contributed by atoms with Crippen molar-refractivity contribution >= 4 is 32.3 Å². The minimum absolute atomic E-state index is 0.176. The van der Waals surface area contributed by atoms with E-state index in [2.05, 4.69) is 0 Å². The van der Waals surface area contributed by atoms with Crippen LogP contribution in [0.15, 0.2) is 66.9 Å². The lowest BCUT2D eigenvalue weighted by atomic mass is 9.86. The number of benzene rings is 2. The maximum atomic E-state index is 13.3. The average Bonchev–Trinajstić information content (AvgIpc) is 3.28. The van der Waals surface area contributed by atoms with Crippen LogP contribution in [-0.2, 0) is 38.0 Å². The van der Waals surface area contributed by atoms with Crippen molar-refractivity contribution in [3.63, 3.8) is 0 Å². The van der Waals surface area contributed by atoms with Gasteiger partial charge in [-0.05, 0) is 47.4 Å². The summed E-state index contributed by atoms with van der Waals surface area (Å²) >= 11 is 0. The molecule has 1 aliphatic heterocycles. The first-order chi connectivity index (χ1) is 18.5. The molecule has 0 atom stereocenters. The Balaban J connectivity index is 1.68. The molecule has 39 heavy (non-hydrogen) atoms. The number of nitrogens with zero attached hydrogens (tertiary/aromatic N) is 2. The number of rotatable bonds is 9. The molecule has 0 spiro atoms. The standard InChI is InChI=1S/C26H29N3O8S2/c1-38(33,34)28-14-12-21(13-15-28)23-22(16-19-8-4-2-5-9-19)17-29(24(23)25(30)31)39(35,36)27-26(32)37-18-20-10-6-3-7-11-20/h2-11,17,21H,12-16,18H2,1H3,(H,27,32)(H,30,31). The lowest BCUT2D eigenvalue weighted by Gasteiger charge is -2.31. The number of carboxylic acid groups (broad SMARTS) is 1. The Morgan fingerprint density at radius 3 is 2.05 bits per heavy atom. The summed E-state index contributed by atoms with van der Waals surface area (Å²) in [5.41, 5.74) is 1.74. The Morgan fingerprint density at radius 1 is 0.949 bits per heavy atom. The van der Waals surface area contributed by atoms with E-state index in [-0.39, 0.29) is 26.1 Å². The van der Waals surface area contributed by atoms with E-state index in [1.165, 1.54) is 10.5 Å². The van der Waals surface area contributed by atoms with Crippen LogP contribution in [0.4, 0.5) is 4.79 Å². The second kappa shape index (κ2) is 11.6. The molecule has 0 saturated carbocycles. The molecule has 11 nitrogen and oxygen atoms in total. The molecule has 4 rings (SSSR count). The molecule has 0 radical (unpaired) electrons. The van der Waals surface area contributed by atoms with Gasteiger partial charge in [-0.3, -0.25) is 0 Å². The molecular formula is C26H29N3O8S2. The molecule has 0 unspecified atom stereocenters. The summed E-state index contributed by atoms with van der Waals surface area (Å²) in [5.74, 6) is -1.90. The molecule has 2 heterocycles. The Kier molecular flexibility index (Phi) is 8.42. The van der Waals surface area contributed by atoms with Crippen molar-refractivity contribution in [1.82, 2.24) is 13.0 Å². The van der Waals surface area contributed by atoms with Crippen LogP contribution in [-0.4, -0.2) is 61.6 Å². The van der Waals surface area contributed by atoms with Gasteiger partial charge in [0.25, 0.3) is 0 Å². The number of hydrogen-bond acceptors (Lipinski definition) is 7. The predicted molar refractivity (Wildman–Crippen MR) is 143 cm³/mol. The molecular weight excluding hydrogens is 546 g/mol. The van der Waals surface area contributed by atoms with Crippen LogP contribution in [0.5, 0.6) is 0 Å². The average molecular weight is 576 g/mol. The van der Waals surface area contributed by atoms with Crippen LogP contribution in [0.1, 0.15) is 51.5 Å². The van der Waals surface area contributed by atoms with E-state index in [1.807, 2.05) is 30.3 Å². The van der Waals surface area contributed by atoms with Gasteiger partial charge in [-0.2, -0.15) is 8.42 Å². The summed E-state index contributed by atoms with van der Waals surface area (Å²) in [7, 11) is -8.12. The van der Waals surface area contributed by atoms with Gasteiger partial charge in [-0.15, -0.1) is 0 Å². The van der Waals surface area contributed by atoms with E-state index in [0.29, 0.717) is 33.5 Å². The van der Waals surface area contributed by atoms with Gasteiger partial charge < -0.3 is 9.84 Å². The summed E-state index contributed by atoms with van der Waals surface area (Å²) in [5, 5.41) is 10.2. The van der Waals surface area contributed by atoms with Gasteiger partial charge in [-0.25, -0.2) is 31.0 Å². The SMILES string of the molecule is CS(=O)(=O)N1CCC(c2c(Cc3ccccc3)cn(S(=O)(=O)NC(=O)OCc3ccccc3)c2C(=O)O)CC1. The van der Waals surface area contributed by atoms with E-state index in [1.54, 1.807) is 35.1 Å². The zero-order valence-corrected chi connectivity index (χ0v) is 22.8. The molecule has 0 aliphatic carbocycles. The zero-order valence-electron chi connectivity index (χ0n) is 21.2. The van der Waals surface area contributed by atoms with E-state index in [4.69, 9.17) is 4.74 Å². The van der Waals surface area contributed by atoms with Crippen LogP contribution in [0.2, 0.25) is 0 Å². The van der Waals surface area contributed by atoms with Gasteiger partial charge in [0.2, 0.25) is 10.0 Å². The highest BCUT2D eigenvalue weighted by atomic mass is 32.2. The first kappa shape index (κ1) is 28.3. The highest BCUT2D eigenvalue weighted by Gasteiger charge is 2.35. The van der Waals surface area contributed by atoms with Crippen molar-refractivity contribution in [2.24, 2.45) is 0 Å². The Labute approximate surface area is 227 Å². The number of carbonyl (C=O) groups excluding carboxylic acids is 1. The van der Waals surface area contributed by atoms with Crippen molar-refractivity contribution < 1.29 is 36.3 Å². The van der Waals surface area contributed by atoms with Crippen LogP contribution >= 0.6 is 0 Å². The number of ether oxygens (including phenoxy) is 1. The smallest absolute Gasteiger partial charge is 0.422 e. The first-order valence-electron chi connectivity index (χ1n) is 12.2. The summed E-state index contributed by atoms with van der Waals surface area (Å²) in [6.07, 6.45) is 1.93. The Morgan fingerprint density at radius 2 is 1.51 bits per heavy atom. The third-order valence-corrected chi connectivity index (χ3v) is 9.08. The van der Waals surface area contributed by atoms with Crippen molar-refractivity contribution in [3.05, 3.63) is 94.8 Å². The van der Waals surface area contributed by atoms with Gasteiger partial charge in [0.1, 0.15) is 12.3 Å². The molecule has 2 aromatic carbocycles. The minimum atomic E-state index is -4.70. The molecule has 2 N–H and O–H groups in total. The second-order valence-electron chi connectivity index (χ2n) is 9.29. The monoisotopic (exact) mass is 575 g/mol.